The SMILES string of the molecule is C[NH+](C)CCN1C(=O)[C@@H]2[C@@H](C1=O)[C@@H]1C=C[C@@H]2C1. The molecule has 2 bridgehead atoms. The topological polar surface area (TPSA) is 41.8 Å². The van der Waals surface area contributed by atoms with Crippen molar-refractivity contribution in [1.82, 2.24) is 4.90 Å². The molecule has 0 aromatic rings. The molecule has 1 saturated heterocycles. The number of carbonyl (C=O) groups excluding carboxylic acids is 2. The molecule has 2 aliphatic carbocycles. The second-order valence-electron chi connectivity index (χ2n) is 5.79. The van der Waals surface area contributed by atoms with E-state index in [0.29, 0.717) is 18.4 Å². The van der Waals surface area contributed by atoms with Crippen molar-refractivity contribution in [2.45, 2.75) is 6.42 Å². The number of carbonyl (C=O) groups is 2. The highest BCUT2D eigenvalue weighted by molar-refractivity contribution is 6.06. The van der Waals surface area contributed by atoms with E-state index in [2.05, 4.69) is 12.2 Å². The van der Waals surface area contributed by atoms with E-state index in [9.17, 15) is 9.59 Å². The third kappa shape index (κ3) is 1.47. The molecule has 3 aliphatic rings. The van der Waals surface area contributed by atoms with Crippen LogP contribution in [0.15, 0.2) is 12.2 Å². The van der Waals surface area contributed by atoms with Crippen molar-refractivity contribution >= 4 is 11.8 Å². The van der Waals surface area contributed by atoms with Crippen molar-refractivity contribution in [2.75, 3.05) is 27.2 Å². The predicted molar refractivity (Wildman–Crippen MR) is 62.1 cm³/mol. The van der Waals surface area contributed by atoms with Crippen LogP contribution in [0, 0.1) is 23.7 Å². The summed E-state index contributed by atoms with van der Waals surface area (Å²) in [6.07, 6.45) is 5.29. The molecule has 1 heterocycles. The summed E-state index contributed by atoms with van der Waals surface area (Å²) in [4.78, 5) is 27.3. The van der Waals surface area contributed by atoms with Gasteiger partial charge in [0.15, 0.2) is 0 Å². The van der Waals surface area contributed by atoms with Crippen molar-refractivity contribution < 1.29 is 14.5 Å². The van der Waals surface area contributed by atoms with Gasteiger partial charge in [-0.05, 0) is 18.3 Å². The first kappa shape index (κ1) is 11.0. The molecule has 4 heteroatoms. The van der Waals surface area contributed by atoms with Crippen LogP contribution in [0.3, 0.4) is 0 Å². The first-order valence-corrected chi connectivity index (χ1v) is 6.42. The molecule has 0 aromatic heterocycles. The maximum atomic E-state index is 12.3. The minimum absolute atomic E-state index is 0.0327. The quantitative estimate of drug-likeness (QED) is 0.500. The second-order valence-corrected chi connectivity index (χ2v) is 5.79. The number of hydrogen-bond donors (Lipinski definition) is 1. The summed E-state index contributed by atoms with van der Waals surface area (Å²) < 4.78 is 0. The van der Waals surface area contributed by atoms with Gasteiger partial charge in [-0.25, -0.2) is 0 Å². The van der Waals surface area contributed by atoms with Crippen molar-refractivity contribution in [3.05, 3.63) is 12.2 Å². The summed E-state index contributed by atoms with van der Waals surface area (Å²) in [6, 6.07) is 0. The van der Waals surface area contributed by atoms with Gasteiger partial charge in [-0.2, -0.15) is 0 Å². The summed E-state index contributed by atoms with van der Waals surface area (Å²) in [5.74, 6) is 0.761. The Morgan fingerprint density at radius 3 is 2.18 bits per heavy atom. The number of likely N-dealkylation sites (tertiary alicyclic amines) is 1. The molecule has 0 unspecified atom stereocenters. The Morgan fingerprint density at radius 2 is 1.71 bits per heavy atom. The standard InChI is InChI=1S/C13H18N2O2/c1-14(2)5-6-15-12(16)10-8-3-4-9(7-8)11(10)13(15)17/h3-4,8-11H,5-7H2,1-2H3/p+1/t8-,9-,10+,11+/m1/s1. The van der Waals surface area contributed by atoms with Crippen molar-refractivity contribution in [1.29, 1.82) is 0 Å². The third-order valence-electron chi connectivity index (χ3n) is 4.40. The second kappa shape index (κ2) is 3.67. The lowest BCUT2D eigenvalue weighted by Gasteiger charge is -2.17. The van der Waals surface area contributed by atoms with Gasteiger partial charge >= 0.3 is 0 Å². The molecule has 4 atom stereocenters. The summed E-state index contributed by atoms with van der Waals surface area (Å²) in [7, 11) is 4.08. The number of nitrogens with one attached hydrogen (secondary N) is 1. The molecule has 17 heavy (non-hydrogen) atoms. The van der Waals surface area contributed by atoms with Gasteiger partial charge in [-0.15, -0.1) is 0 Å². The Hall–Kier alpha value is -1.16. The van der Waals surface area contributed by atoms with Gasteiger partial charge in [0.05, 0.1) is 39.0 Å². The molecule has 0 aromatic carbocycles. The van der Waals surface area contributed by atoms with Crippen LogP contribution in [0.25, 0.3) is 0 Å². The monoisotopic (exact) mass is 235 g/mol. The molecular weight excluding hydrogens is 216 g/mol. The first-order chi connectivity index (χ1) is 8.09. The Bertz CT molecular complexity index is 372. The smallest absolute Gasteiger partial charge is 0.233 e. The lowest BCUT2D eigenvalue weighted by molar-refractivity contribution is -0.857. The highest BCUT2D eigenvalue weighted by Gasteiger charge is 2.59. The Labute approximate surface area is 101 Å². The van der Waals surface area contributed by atoms with E-state index in [1.165, 1.54) is 9.80 Å². The lowest BCUT2D eigenvalue weighted by Crippen LogP contribution is -3.06. The maximum Gasteiger partial charge on any atom is 0.233 e. The number of amides is 2. The molecule has 1 N–H and O–H groups in total. The summed E-state index contributed by atoms with van der Waals surface area (Å²) >= 11 is 0. The van der Waals surface area contributed by atoms with Gasteiger partial charge in [0.1, 0.15) is 0 Å². The summed E-state index contributed by atoms with van der Waals surface area (Å²) in [5, 5.41) is 0. The number of quaternary nitrogens is 1. The Balaban J connectivity index is 1.78. The van der Waals surface area contributed by atoms with E-state index in [0.717, 1.165) is 13.0 Å². The number of likely N-dealkylation sites (N-methyl/N-ethyl adjacent to an activating group) is 1. The predicted octanol–water partition coefficient (Wildman–Crippen LogP) is -1.06. The normalized spacial score (nSPS) is 38.6. The van der Waals surface area contributed by atoms with E-state index in [1.54, 1.807) is 0 Å². The van der Waals surface area contributed by atoms with E-state index in [-0.39, 0.29) is 23.7 Å². The molecule has 4 nitrogen and oxygen atoms in total. The zero-order valence-corrected chi connectivity index (χ0v) is 10.3. The van der Waals surface area contributed by atoms with Crippen LogP contribution in [0.1, 0.15) is 6.42 Å². The lowest BCUT2D eigenvalue weighted by atomic mass is 9.85. The molecule has 92 valence electrons. The van der Waals surface area contributed by atoms with Crippen molar-refractivity contribution in [2.24, 2.45) is 23.7 Å². The highest BCUT2D eigenvalue weighted by Crippen LogP contribution is 2.52. The number of hydrogen-bond acceptors (Lipinski definition) is 2. The molecule has 1 aliphatic heterocycles. The maximum absolute atomic E-state index is 12.3. The Morgan fingerprint density at radius 1 is 1.18 bits per heavy atom. The van der Waals surface area contributed by atoms with Gasteiger partial charge in [0, 0.05) is 0 Å². The van der Waals surface area contributed by atoms with E-state index in [4.69, 9.17) is 0 Å². The molecular formula is C13H19N2O2+. The average Bonchev–Trinajstić information content (AvgIpc) is 2.92. The van der Waals surface area contributed by atoms with Crippen LogP contribution in [-0.2, 0) is 9.59 Å². The van der Waals surface area contributed by atoms with Crippen molar-refractivity contribution in [3.63, 3.8) is 0 Å². The number of allylic oxidation sites excluding steroid dienone is 2. The Kier molecular flexibility index (Phi) is 2.36. The number of fused-ring (bicyclic) bond motifs is 5. The minimum atomic E-state index is -0.0327. The molecule has 0 radical (unpaired) electrons. The van der Waals surface area contributed by atoms with Gasteiger partial charge < -0.3 is 4.90 Å². The molecule has 1 saturated carbocycles. The first-order valence-electron chi connectivity index (χ1n) is 6.42. The zero-order valence-electron chi connectivity index (χ0n) is 10.3. The fourth-order valence-corrected chi connectivity index (χ4v) is 3.52. The highest BCUT2D eigenvalue weighted by atomic mass is 16.2. The van der Waals surface area contributed by atoms with Gasteiger partial charge in [-0.3, -0.25) is 14.5 Å². The molecule has 0 spiro atoms. The molecule has 3 rings (SSSR count). The molecule has 2 amide bonds. The number of nitrogens with zero attached hydrogens (tertiary/aromatic N) is 1. The fraction of sp³-hybridized carbons (Fsp3) is 0.692. The van der Waals surface area contributed by atoms with Crippen LogP contribution >= 0.6 is 0 Å². The largest absolute Gasteiger partial charge is 0.338 e. The summed E-state index contributed by atoms with van der Waals surface area (Å²) in [6.45, 7) is 1.41. The number of imide groups is 1. The van der Waals surface area contributed by atoms with E-state index >= 15 is 0 Å². The zero-order chi connectivity index (χ0) is 12.2. The van der Waals surface area contributed by atoms with Gasteiger partial charge in [-0.1, -0.05) is 12.2 Å². The van der Waals surface area contributed by atoms with E-state index < -0.39 is 0 Å². The summed E-state index contributed by atoms with van der Waals surface area (Å²) in [5.41, 5.74) is 0. The fourth-order valence-electron chi connectivity index (χ4n) is 3.52. The van der Waals surface area contributed by atoms with Crippen LogP contribution in [0.5, 0.6) is 0 Å². The van der Waals surface area contributed by atoms with Crippen LogP contribution in [0.4, 0.5) is 0 Å². The van der Waals surface area contributed by atoms with Crippen molar-refractivity contribution in [3.8, 4) is 0 Å². The number of rotatable bonds is 3. The minimum Gasteiger partial charge on any atom is -0.338 e. The van der Waals surface area contributed by atoms with Crippen LogP contribution in [0.2, 0.25) is 0 Å². The van der Waals surface area contributed by atoms with Gasteiger partial charge in [0.25, 0.3) is 0 Å². The molecule has 2 fully saturated rings. The van der Waals surface area contributed by atoms with Crippen LogP contribution < -0.4 is 4.90 Å². The van der Waals surface area contributed by atoms with Crippen LogP contribution in [-0.4, -0.2) is 43.9 Å². The van der Waals surface area contributed by atoms with E-state index in [1.807, 2.05) is 14.1 Å². The third-order valence-corrected chi connectivity index (χ3v) is 4.40. The van der Waals surface area contributed by atoms with Gasteiger partial charge in [0.2, 0.25) is 11.8 Å². The average molecular weight is 235 g/mol.